The highest BCUT2D eigenvalue weighted by atomic mass is 35.5. The van der Waals surface area contributed by atoms with Gasteiger partial charge in [-0.25, -0.2) is 8.78 Å². The first-order chi connectivity index (χ1) is 21.3. The molecule has 6 rings (SSSR count). The number of pyridine rings is 1. The summed E-state index contributed by atoms with van der Waals surface area (Å²) in [5, 5.41) is 12.6. The van der Waals surface area contributed by atoms with Gasteiger partial charge in [0.25, 0.3) is 0 Å². The second-order valence-electron chi connectivity index (χ2n) is 12.2. The zero-order valence-electron chi connectivity index (χ0n) is 24.5. The summed E-state index contributed by atoms with van der Waals surface area (Å²) >= 11 is 5.96. The van der Waals surface area contributed by atoms with Crippen LogP contribution in [0.3, 0.4) is 0 Å². The maximum absolute atomic E-state index is 16.6. The number of piperidine rings is 1. The normalized spacial score (nSPS) is 24.8. The predicted octanol–water partition coefficient (Wildman–Crippen LogP) is 5.47. The molecule has 238 valence electrons. The van der Waals surface area contributed by atoms with Crippen LogP contribution in [0.15, 0.2) is 24.2 Å². The molecule has 0 amide bonds. The number of rotatable bonds is 5. The number of hydrogen-bond acceptors (Lipinski definition) is 9. The SMILES string of the molecule is CN1CC/C(=C\F)[C@](C)(COc2nc(N3C[C@H]4CC[C@@H](C3)N4)c3cnc(-c4c(C#N)c(N)cc(Cl)c4C(F)(F)F)c(F)c3n2)C1. The average molecular weight is 649 g/mol. The van der Waals surface area contributed by atoms with Crippen LogP contribution in [0.5, 0.6) is 6.01 Å². The number of nitrogens with one attached hydrogen (secondary N) is 1. The van der Waals surface area contributed by atoms with Gasteiger partial charge in [0, 0.05) is 55.4 Å². The largest absolute Gasteiger partial charge is 0.462 e. The van der Waals surface area contributed by atoms with E-state index < -0.39 is 44.8 Å². The Hall–Kier alpha value is -3.80. The number of nitrogens with two attached hydrogens (primary N) is 1. The van der Waals surface area contributed by atoms with Crippen LogP contribution in [-0.4, -0.2) is 71.8 Å². The fourth-order valence-electron chi connectivity index (χ4n) is 6.71. The number of nitriles is 1. The number of anilines is 2. The minimum atomic E-state index is -5.07. The molecule has 3 aromatic rings. The Labute approximate surface area is 260 Å². The average Bonchev–Trinajstić information content (AvgIpc) is 3.32. The van der Waals surface area contributed by atoms with Crippen molar-refractivity contribution in [3.05, 3.63) is 46.1 Å². The Morgan fingerprint density at radius 2 is 1.98 bits per heavy atom. The molecule has 3 fully saturated rings. The Balaban J connectivity index is 1.52. The van der Waals surface area contributed by atoms with Gasteiger partial charge in [-0.05, 0) is 37.9 Å². The molecule has 3 aliphatic heterocycles. The summed E-state index contributed by atoms with van der Waals surface area (Å²) in [4.78, 5) is 17.0. The molecule has 45 heavy (non-hydrogen) atoms. The maximum Gasteiger partial charge on any atom is 0.418 e. The highest BCUT2D eigenvalue weighted by molar-refractivity contribution is 6.32. The number of nitrogens with zero attached hydrogens (tertiary/aromatic N) is 6. The van der Waals surface area contributed by atoms with Crippen molar-refractivity contribution < 1.29 is 26.7 Å². The summed E-state index contributed by atoms with van der Waals surface area (Å²) in [5.74, 6) is -0.920. The number of fused-ring (bicyclic) bond motifs is 3. The van der Waals surface area contributed by atoms with Gasteiger partial charge < -0.3 is 25.6 Å². The second-order valence-corrected chi connectivity index (χ2v) is 12.6. The number of benzene rings is 1. The highest BCUT2D eigenvalue weighted by Crippen LogP contribution is 2.46. The molecule has 0 unspecified atom stereocenters. The molecular formula is C30H30ClF5N8O. The maximum atomic E-state index is 16.6. The van der Waals surface area contributed by atoms with Crippen molar-refractivity contribution in [1.29, 1.82) is 5.26 Å². The molecule has 9 nitrogen and oxygen atoms in total. The monoisotopic (exact) mass is 648 g/mol. The van der Waals surface area contributed by atoms with Gasteiger partial charge in [0.2, 0.25) is 0 Å². The van der Waals surface area contributed by atoms with E-state index in [1.54, 1.807) is 6.07 Å². The molecule has 15 heteroatoms. The fourth-order valence-corrected chi connectivity index (χ4v) is 7.03. The van der Waals surface area contributed by atoms with Gasteiger partial charge >= 0.3 is 12.2 Å². The van der Waals surface area contributed by atoms with E-state index in [2.05, 4.69) is 20.3 Å². The highest BCUT2D eigenvalue weighted by Gasteiger charge is 2.41. The Morgan fingerprint density at radius 3 is 2.62 bits per heavy atom. The Kier molecular flexibility index (Phi) is 7.99. The lowest BCUT2D eigenvalue weighted by Crippen LogP contribution is -2.51. The molecule has 3 aliphatic rings. The van der Waals surface area contributed by atoms with E-state index >= 15 is 4.39 Å². The van der Waals surface area contributed by atoms with Gasteiger partial charge in [-0.1, -0.05) is 18.5 Å². The zero-order valence-corrected chi connectivity index (χ0v) is 25.2. The molecule has 3 N–H and O–H groups in total. The van der Waals surface area contributed by atoms with E-state index in [0.717, 1.165) is 18.9 Å². The van der Waals surface area contributed by atoms with Gasteiger partial charge in [-0.15, -0.1) is 0 Å². The van der Waals surface area contributed by atoms with Crippen LogP contribution in [0, 0.1) is 22.6 Å². The first kappa shape index (κ1) is 31.2. The zero-order chi connectivity index (χ0) is 32.3. The third-order valence-corrected chi connectivity index (χ3v) is 9.21. The summed E-state index contributed by atoms with van der Waals surface area (Å²) in [6.07, 6.45) is -0.904. The van der Waals surface area contributed by atoms with E-state index in [-0.39, 0.29) is 41.3 Å². The van der Waals surface area contributed by atoms with Crippen LogP contribution in [-0.2, 0) is 6.18 Å². The lowest BCUT2D eigenvalue weighted by atomic mass is 9.78. The van der Waals surface area contributed by atoms with Gasteiger partial charge in [0.05, 0.1) is 33.6 Å². The number of halogens is 6. The quantitative estimate of drug-likeness (QED) is 0.274. The van der Waals surface area contributed by atoms with Gasteiger partial charge in [-0.3, -0.25) is 4.98 Å². The van der Waals surface area contributed by atoms with Gasteiger partial charge in [0.1, 0.15) is 29.7 Å². The molecule has 5 heterocycles. The summed E-state index contributed by atoms with van der Waals surface area (Å²) in [7, 11) is 1.91. The molecule has 0 spiro atoms. The Morgan fingerprint density at radius 1 is 1.27 bits per heavy atom. The Bertz CT molecular complexity index is 1730. The molecule has 3 atom stereocenters. The van der Waals surface area contributed by atoms with Crippen LogP contribution < -0.4 is 20.7 Å². The molecule has 0 aliphatic carbocycles. The topological polar surface area (TPSA) is 116 Å². The summed E-state index contributed by atoms with van der Waals surface area (Å²) in [5.41, 5.74) is 1.23. The summed E-state index contributed by atoms with van der Waals surface area (Å²) in [6, 6.07) is 2.56. The van der Waals surface area contributed by atoms with Crippen LogP contribution in [0.2, 0.25) is 5.02 Å². The molecule has 3 saturated heterocycles. The van der Waals surface area contributed by atoms with Crippen molar-refractivity contribution in [2.24, 2.45) is 5.41 Å². The van der Waals surface area contributed by atoms with Crippen LogP contribution in [0.1, 0.15) is 37.3 Å². The van der Waals surface area contributed by atoms with Crippen molar-refractivity contribution in [2.45, 2.75) is 44.4 Å². The van der Waals surface area contributed by atoms with E-state index in [1.807, 2.05) is 23.8 Å². The standard InChI is InChI=1S/C30H30ClF5N8O/c1-29(13-43(2)6-5-15(29)8-32)14-45-28-41-25-19(27(42-28)44-11-16-3-4-17(12-44)40-16)10-39-26(24(25)33)22-18(9-37)21(38)7-20(31)23(22)30(34,35)36/h7-8,10,16-17,40H,3-6,11-14,38H2,1-2H3/b15-8+/t16-,17+,29-/m0/s1. The van der Waals surface area contributed by atoms with Crippen molar-refractivity contribution in [2.75, 3.05) is 50.5 Å². The van der Waals surface area contributed by atoms with Crippen molar-refractivity contribution in [3.63, 3.8) is 0 Å². The summed E-state index contributed by atoms with van der Waals surface area (Å²) in [6.45, 7) is 4.06. The van der Waals surface area contributed by atoms with Gasteiger partial charge in [0.15, 0.2) is 5.82 Å². The van der Waals surface area contributed by atoms with Crippen molar-refractivity contribution in [3.8, 4) is 23.3 Å². The molecule has 0 saturated carbocycles. The smallest absolute Gasteiger partial charge is 0.418 e. The number of aromatic nitrogens is 3. The van der Waals surface area contributed by atoms with E-state index in [0.29, 0.717) is 50.3 Å². The number of nitrogen functional groups attached to an aromatic ring is 1. The number of likely N-dealkylation sites (tertiary alicyclic amines) is 1. The molecule has 2 bridgehead atoms. The number of piperazine rings is 1. The van der Waals surface area contributed by atoms with E-state index in [1.165, 1.54) is 6.20 Å². The van der Waals surface area contributed by atoms with E-state index in [9.17, 15) is 22.8 Å². The minimum Gasteiger partial charge on any atom is -0.462 e. The molecule has 2 aromatic heterocycles. The third kappa shape index (κ3) is 5.62. The van der Waals surface area contributed by atoms with Crippen molar-refractivity contribution in [1.82, 2.24) is 25.2 Å². The van der Waals surface area contributed by atoms with Gasteiger partial charge in [-0.2, -0.15) is 28.4 Å². The lowest BCUT2D eigenvalue weighted by Gasteiger charge is -2.40. The van der Waals surface area contributed by atoms with E-state index in [4.69, 9.17) is 22.1 Å². The predicted molar refractivity (Wildman–Crippen MR) is 159 cm³/mol. The number of hydrogen-bond donors (Lipinski definition) is 2. The first-order valence-electron chi connectivity index (χ1n) is 14.4. The molecular weight excluding hydrogens is 619 g/mol. The third-order valence-electron chi connectivity index (χ3n) is 8.91. The first-order valence-corrected chi connectivity index (χ1v) is 14.8. The second kappa shape index (κ2) is 11.5. The molecule has 1 aromatic carbocycles. The summed E-state index contributed by atoms with van der Waals surface area (Å²) < 4.78 is 79.3. The fraction of sp³-hybridized carbons (Fsp3) is 0.467. The van der Waals surface area contributed by atoms with Crippen LogP contribution >= 0.6 is 11.6 Å². The molecule has 0 radical (unpaired) electrons. The number of alkyl halides is 3. The minimum absolute atomic E-state index is 0.0357. The lowest BCUT2D eigenvalue weighted by molar-refractivity contribution is -0.137. The van der Waals surface area contributed by atoms with Crippen molar-refractivity contribution >= 4 is 34.0 Å². The number of ether oxygens (including phenoxy) is 1. The van der Waals surface area contributed by atoms with Crippen LogP contribution in [0.25, 0.3) is 22.2 Å². The van der Waals surface area contributed by atoms with Crippen LogP contribution in [0.4, 0.5) is 33.5 Å².